The van der Waals surface area contributed by atoms with Crippen molar-refractivity contribution < 1.29 is 19.2 Å². The molecule has 352 valence electrons. The molecule has 0 aliphatic carbocycles. The van der Waals surface area contributed by atoms with Gasteiger partial charge in [0.05, 0.1) is 11.8 Å². The summed E-state index contributed by atoms with van der Waals surface area (Å²) >= 11 is 0. The fraction of sp³-hybridized carbons (Fsp3) is 0.846. The van der Waals surface area contributed by atoms with Crippen LogP contribution in [0.1, 0.15) is 219 Å². The first kappa shape index (κ1) is 54.8. The summed E-state index contributed by atoms with van der Waals surface area (Å²) in [6.45, 7) is 9.56. The van der Waals surface area contributed by atoms with Gasteiger partial charge < -0.3 is 16.0 Å². The molecule has 3 N–H and O–H groups in total. The number of amides is 4. The molecule has 0 bridgehead atoms. The van der Waals surface area contributed by atoms with Gasteiger partial charge in [-0.15, -0.1) is 0 Å². The van der Waals surface area contributed by atoms with E-state index in [1.807, 2.05) is 12.2 Å². The van der Waals surface area contributed by atoms with Gasteiger partial charge >= 0.3 is 0 Å². The number of imide groups is 2. The lowest BCUT2D eigenvalue weighted by Crippen LogP contribution is -2.40. The molecule has 0 aromatic heterocycles. The lowest BCUT2D eigenvalue weighted by Gasteiger charge is -2.15. The summed E-state index contributed by atoms with van der Waals surface area (Å²) < 4.78 is 0. The van der Waals surface area contributed by atoms with E-state index in [-0.39, 0.29) is 35.5 Å². The van der Waals surface area contributed by atoms with E-state index in [1.54, 1.807) is 0 Å². The Morgan fingerprint density at radius 3 is 0.951 bits per heavy atom. The average molecular weight is 854 g/mol. The van der Waals surface area contributed by atoms with E-state index in [0.29, 0.717) is 39.0 Å². The number of carbonyl (C=O) groups excluding carboxylic acids is 4. The summed E-state index contributed by atoms with van der Waals surface area (Å²) in [6, 6.07) is 0. The van der Waals surface area contributed by atoms with Gasteiger partial charge in [0.1, 0.15) is 0 Å². The Morgan fingerprint density at radius 1 is 0.393 bits per heavy atom. The zero-order valence-corrected chi connectivity index (χ0v) is 39.8. The van der Waals surface area contributed by atoms with Crippen molar-refractivity contribution in [3.8, 4) is 0 Å². The number of hydrogen-bond donors (Lipinski definition) is 3. The number of rotatable bonds is 44. The second-order valence-corrected chi connectivity index (χ2v) is 18.3. The number of unbranched alkanes of at least 4 members (excludes halogenated alkanes) is 28. The Bertz CT molecular complexity index is 1090. The lowest BCUT2D eigenvalue weighted by atomic mass is 10.0. The number of nitrogens with one attached hydrogen (secondary N) is 3. The summed E-state index contributed by atoms with van der Waals surface area (Å²) in [7, 11) is 0. The van der Waals surface area contributed by atoms with Crippen LogP contribution in [0.25, 0.3) is 0 Å². The molecule has 2 rings (SSSR count). The molecule has 0 aromatic rings. The molecule has 9 heteroatoms. The number of likely N-dealkylation sites (tertiary alicyclic amines) is 2. The number of allylic oxidation sites excluding steroid dienone is 2. The standard InChI is InChI=1S/C52H95N5O4/c1-3-5-7-9-11-13-15-17-19-21-23-25-27-29-31-33-35-47-45-49(58)56(51(47)60)43-41-54-39-37-53-38-40-55-42-44-57-50(59)46-48(52(57)61)36-34-32-30-28-26-24-22-20-18-16-14-12-10-8-6-4-2/h33-36,47-48,53-55H,3-32,37-46H2,1-2H3. The van der Waals surface area contributed by atoms with E-state index >= 15 is 0 Å². The van der Waals surface area contributed by atoms with Gasteiger partial charge in [-0.3, -0.25) is 29.0 Å². The monoisotopic (exact) mass is 854 g/mol. The number of nitrogens with zero attached hydrogens (tertiary/aromatic N) is 2. The van der Waals surface area contributed by atoms with Gasteiger partial charge in [-0.05, 0) is 25.7 Å². The number of hydrogen-bond acceptors (Lipinski definition) is 7. The molecular formula is C52H95N5O4. The van der Waals surface area contributed by atoms with Crippen molar-refractivity contribution in [3.05, 3.63) is 24.3 Å². The van der Waals surface area contributed by atoms with Crippen LogP contribution in [0.4, 0.5) is 0 Å². The predicted molar refractivity (Wildman–Crippen MR) is 256 cm³/mol. The second-order valence-electron chi connectivity index (χ2n) is 18.3. The molecule has 0 aromatic carbocycles. The van der Waals surface area contributed by atoms with E-state index in [2.05, 4.69) is 41.9 Å². The molecule has 2 heterocycles. The minimum absolute atomic E-state index is 0.0621. The summed E-state index contributed by atoms with van der Waals surface area (Å²) in [5.41, 5.74) is 0. The highest BCUT2D eigenvalue weighted by Gasteiger charge is 2.37. The third-order valence-electron chi connectivity index (χ3n) is 12.7. The average Bonchev–Trinajstić information content (AvgIpc) is 3.69. The van der Waals surface area contributed by atoms with Crippen LogP contribution in [0.5, 0.6) is 0 Å². The molecule has 0 saturated carbocycles. The summed E-state index contributed by atoms with van der Waals surface area (Å²) in [5, 5.41) is 10.0. The van der Waals surface area contributed by atoms with Crippen molar-refractivity contribution in [2.75, 3.05) is 52.4 Å². The highest BCUT2D eigenvalue weighted by atomic mass is 16.2. The van der Waals surface area contributed by atoms with Gasteiger partial charge in [0.15, 0.2) is 0 Å². The Balaban J connectivity index is 1.37. The first-order valence-corrected chi connectivity index (χ1v) is 26.1. The quantitative estimate of drug-likeness (QED) is 0.0318. The fourth-order valence-electron chi connectivity index (χ4n) is 8.73. The van der Waals surface area contributed by atoms with E-state index in [9.17, 15) is 19.2 Å². The minimum atomic E-state index is -0.304. The number of carbonyl (C=O) groups is 4. The fourth-order valence-corrected chi connectivity index (χ4v) is 8.73. The van der Waals surface area contributed by atoms with Gasteiger partial charge in [0, 0.05) is 65.2 Å². The molecule has 2 atom stereocenters. The van der Waals surface area contributed by atoms with Gasteiger partial charge in [-0.1, -0.05) is 205 Å². The third-order valence-corrected chi connectivity index (χ3v) is 12.7. The van der Waals surface area contributed by atoms with Crippen molar-refractivity contribution in [1.29, 1.82) is 0 Å². The van der Waals surface area contributed by atoms with Gasteiger partial charge in [0.2, 0.25) is 23.6 Å². The van der Waals surface area contributed by atoms with E-state index in [1.165, 1.54) is 177 Å². The molecule has 2 unspecified atom stereocenters. The highest BCUT2D eigenvalue weighted by Crippen LogP contribution is 2.23. The summed E-state index contributed by atoms with van der Waals surface area (Å²) in [4.78, 5) is 53.6. The van der Waals surface area contributed by atoms with Crippen molar-refractivity contribution in [3.63, 3.8) is 0 Å². The third kappa shape index (κ3) is 28.1. The van der Waals surface area contributed by atoms with E-state index in [4.69, 9.17) is 0 Å². The van der Waals surface area contributed by atoms with Crippen molar-refractivity contribution in [2.24, 2.45) is 11.8 Å². The first-order valence-electron chi connectivity index (χ1n) is 26.1. The topological polar surface area (TPSA) is 111 Å². The van der Waals surface area contributed by atoms with Crippen molar-refractivity contribution in [1.82, 2.24) is 25.8 Å². The first-order chi connectivity index (χ1) is 30.0. The molecule has 0 radical (unpaired) electrons. The van der Waals surface area contributed by atoms with Crippen LogP contribution in [0.15, 0.2) is 24.3 Å². The maximum absolute atomic E-state index is 12.8. The molecule has 4 amide bonds. The second kappa shape index (κ2) is 39.2. The molecule has 0 spiro atoms. The molecule has 2 aliphatic rings. The molecule has 2 aliphatic heterocycles. The Hall–Kier alpha value is -2.36. The van der Waals surface area contributed by atoms with Crippen LogP contribution in [0.3, 0.4) is 0 Å². The highest BCUT2D eigenvalue weighted by molar-refractivity contribution is 6.05. The van der Waals surface area contributed by atoms with E-state index in [0.717, 1.165) is 51.9 Å². The van der Waals surface area contributed by atoms with Gasteiger partial charge in [0.25, 0.3) is 0 Å². The van der Waals surface area contributed by atoms with Crippen molar-refractivity contribution >= 4 is 23.6 Å². The SMILES string of the molecule is CCCCCCCCCCCCCCCCC=CC1CC(=O)N(CCNCCNCCNCCN2C(=O)CC(C=CCCCCCCCCCCCCCCCC)C2=O)C1=O. The van der Waals surface area contributed by atoms with Crippen LogP contribution in [-0.2, 0) is 19.2 Å². The van der Waals surface area contributed by atoms with Crippen LogP contribution in [0, 0.1) is 11.8 Å². The predicted octanol–water partition coefficient (Wildman–Crippen LogP) is 11.4. The van der Waals surface area contributed by atoms with Crippen LogP contribution >= 0.6 is 0 Å². The summed E-state index contributed by atoms with van der Waals surface area (Å²) in [5.74, 6) is -0.867. The smallest absolute Gasteiger partial charge is 0.236 e. The van der Waals surface area contributed by atoms with E-state index < -0.39 is 0 Å². The molecular weight excluding hydrogens is 759 g/mol. The Morgan fingerprint density at radius 2 is 0.656 bits per heavy atom. The zero-order chi connectivity index (χ0) is 43.9. The maximum atomic E-state index is 12.8. The lowest BCUT2D eigenvalue weighted by molar-refractivity contribution is -0.140. The van der Waals surface area contributed by atoms with Crippen molar-refractivity contribution in [2.45, 2.75) is 219 Å². The van der Waals surface area contributed by atoms with Crippen LogP contribution < -0.4 is 16.0 Å². The molecule has 9 nitrogen and oxygen atoms in total. The van der Waals surface area contributed by atoms with Gasteiger partial charge in [-0.25, -0.2) is 0 Å². The normalized spacial score (nSPS) is 17.2. The zero-order valence-electron chi connectivity index (χ0n) is 39.8. The molecule has 61 heavy (non-hydrogen) atoms. The Labute approximate surface area is 375 Å². The maximum Gasteiger partial charge on any atom is 0.236 e. The molecule has 2 fully saturated rings. The largest absolute Gasteiger partial charge is 0.314 e. The van der Waals surface area contributed by atoms with Crippen LogP contribution in [-0.4, -0.2) is 85.8 Å². The summed E-state index contributed by atoms with van der Waals surface area (Å²) in [6.07, 6.45) is 48.5. The van der Waals surface area contributed by atoms with Gasteiger partial charge in [-0.2, -0.15) is 0 Å². The van der Waals surface area contributed by atoms with Crippen LogP contribution in [0.2, 0.25) is 0 Å². The molecule has 2 saturated heterocycles. The Kier molecular flexibility index (Phi) is 35.2. The minimum Gasteiger partial charge on any atom is -0.314 e.